The zero-order valence-electron chi connectivity index (χ0n) is 10.8. The van der Waals surface area contributed by atoms with Crippen LogP contribution in [0, 0.1) is 16.0 Å². The molecule has 0 aromatic carbocycles. The molecule has 7 heteroatoms. The second-order valence-corrected chi connectivity index (χ2v) is 5.72. The van der Waals surface area contributed by atoms with E-state index in [1.807, 2.05) is 0 Å². The van der Waals surface area contributed by atoms with Gasteiger partial charge in [-0.1, -0.05) is 6.92 Å². The van der Waals surface area contributed by atoms with Crippen molar-refractivity contribution in [3.05, 3.63) is 27.0 Å². The third-order valence-electron chi connectivity index (χ3n) is 3.69. The molecular formula is C12H17BrN4O2. The molecule has 0 spiro atoms. The van der Waals surface area contributed by atoms with Crippen LogP contribution in [-0.4, -0.2) is 29.0 Å². The van der Waals surface area contributed by atoms with Gasteiger partial charge in [0, 0.05) is 25.3 Å². The molecule has 1 fully saturated rings. The normalized spacial score (nSPS) is 23.4. The van der Waals surface area contributed by atoms with E-state index >= 15 is 0 Å². The van der Waals surface area contributed by atoms with Crippen LogP contribution in [0.2, 0.25) is 0 Å². The second-order valence-electron chi connectivity index (χ2n) is 4.86. The molecule has 0 aliphatic carbocycles. The van der Waals surface area contributed by atoms with Gasteiger partial charge in [0.2, 0.25) is 0 Å². The Labute approximate surface area is 120 Å². The molecule has 0 bridgehead atoms. The Morgan fingerprint density at radius 2 is 2.37 bits per heavy atom. The van der Waals surface area contributed by atoms with Gasteiger partial charge in [0.1, 0.15) is 11.9 Å². The zero-order valence-corrected chi connectivity index (χ0v) is 12.3. The smallest absolute Gasteiger partial charge is 0.311 e. The topological polar surface area (TPSA) is 85.3 Å². The number of anilines is 1. The Kier molecular flexibility index (Phi) is 4.36. The van der Waals surface area contributed by atoms with Gasteiger partial charge >= 0.3 is 5.69 Å². The molecule has 6 nitrogen and oxygen atoms in total. The molecule has 0 radical (unpaired) electrons. The molecule has 0 saturated carbocycles. The summed E-state index contributed by atoms with van der Waals surface area (Å²) >= 11 is 3.38. The van der Waals surface area contributed by atoms with Crippen LogP contribution in [-0.2, 0) is 0 Å². The summed E-state index contributed by atoms with van der Waals surface area (Å²) in [6.45, 7) is 3.42. The summed E-state index contributed by atoms with van der Waals surface area (Å²) < 4.78 is 0.647. The first-order valence-corrected chi connectivity index (χ1v) is 7.10. The molecule has 2 rings (SSSR count). The predicted molar refractivity (Wildman–Crippen MR) is 77.2 cm³/mol. The molecule has 2 atom stereocenters. The van der Waals surface area contributed by atoms with Crippen LogP contribution in [0.4, 0.5) is 11.4 Å². The first-order chi connectivity index (χ1) is 9.06. The van der Waals surface area contributed by atoms with E-state index in [0.717, 1.165) is 19.4 Å². The van der Waals surface area contributed by atoms with E-state index in [4.69, 9.17) is 5.73 Å². The van der Waals surface area contributed by atoms with Crippen LogP contribution >= 0.6 is 15.9 Å². The van der Waals surface area contributed by atoms with Gasteiger partial charge in [-0.2, -0.15) is 0 Å². The Hall–Kier alpha value is -1.21. The monoisotopic (exact) mass is 328 g/mol. The van der Waals surface area contributed by atoms with Crippen molar-refractivity contribution in [2.24, 2.45) is 11.7 Å². The van der Waals surface area contributed by atoms with E-state index in [1.54, 1.807) is 6.20 Å². The van der Waals surface area contributed by atoms with Gasteiger partial charge in [-0.05, 0) is 34.7 Å². The summed E-state index contributed by atoms with van der Waals surface area (Å²) in [5.74, 6) is 0.429. The highest BCUT2D eigenvalue weighted by atomic mass is 79.9. The van der Waals surface area contributed by atoms with Crippen molar-refractivity contribution >= 4 is 27.3 Å². The fourth-order valence-electron chi connectivity index (χ4n) is 2.72. The Morgan fingerprint density at radius 1 is 1.63 bits per heavy atom. The van der Waals surface area contributed by atoms with Crippen LogP contribution in [0.25, 0.3) is 0 Å². The molecule has 1 aromatic rings. The first-order valence-electron chi connectivity index (χ1n) is 6.30. The molecule has 1 aliphatic rings. The largest absolute Gasteiger partial charge is 0.360 e. The fourth-order valence-corrected chi connectivity index (χ4v) is 3.27. The summed E-state index contributed by atoms with van der Waals surface area (Å²) in [6, 6.07) is 0.131. The van der Waals surface area contributed by atoms with Crippen molar-refractivity contribution < 1.29 is 4.92 Å². The minimum atomic E-state index is -0.389. The van der Waals surface area contributed by atoms with Crippen molar-refractivity contribution in [1.29, 1.82) is 0 Å². The SMILES string of the molecule is CC1CCCN(c2c(Br)cncc2[N+](=O)[O-])C1CN. The number of halogens is 1. The van der Waals surface area contributed by atoms with Gasteiger partial charge in [-0.15, -0.1) is 0 Å². The van der Waals surface area contributed by atoms with Gasteiger partial charge in [-0.25, -0.2) is 0 Å². The fraction of sp³-hybridized carbons (Fsp3) is 0.583. The van der Waals surface area contributed by atoms with Crippen molar-refractivity contribution in [2.75, 3.05) is 18.0 Å². The summed E-state index contributed by atoms with van der Waals surface area (Å²) in [7, 11) is 0. The molecule has 1 saturated heterocycles. The predicted octanol–water partition coefficient (Wildman–Crippen LogP) is 2.32. The van der Waals surface area contributed by atoms with Crippen LogP contribution in [0.1, 0.15) is 19.8 Å². The number of hydrogen-bond acceptors (Lipinski definition) is 5. The van der Waals surface area contributed by atoms with Crippen molar-refractivity contribution in [1.82, 2.24) is 4.98 Å². The van der Waals surface area contributed by atoms with E-state index < -0.39 is 0 Å². The lowest BCUT2D eigenvalue weighted by molar-refractivity contribution is -0.384. The summed E-state index contributed by atoms with van der Waals surface area (Å²) in [5.41, 5.74) is 6.48. The Morgan fingerprint density at radius 3 is 3.00 bits per heavy atom. The average Bonchev–Trinajstić information content (AvgIpc) is 2.38. The lowest BCUT2D eigenvalue weighted by Gasteiger charge is -2.41. The third-order valence-corrected chi connectivity index (χ3v) is 4.27. The number of nitrogens with zero attached hydrogens (tertiary/aromatic N) is 3. The summed E-state index contributed by atoms with van der Waals surface area (Å²) in [6.07, 6.45) is 5.01. The highest BCUT2D eigenvalue weighted by Gasteiger charge is 2.33. The second kappa shape index (κ2) is 5.83. The zero-order chi connectivity index (χ0) is 14.0. The molecule has 2 unspecified atom stereocenters. The van der Waals surface area contributed by atoms with Crippen LogP contribution < -0.4 is 10.6 Å². The van der Waals surface area contributed by atoms with E-state index in [2.05, 4.69) is 32.7 Å². The van der Waals surface area contributed by atoms with E-state index in [9.17, 15) is 10.1 Å². The van der Waals surface area contributed by atoms with Crippen molar-refractivity contribution in [3.63, 3.8) is 0 Å². The standard InChI is InChI=1S/C12H17BrN4O2/c1-8-3-2-4-16(10(8)5-14)12-9(13)6-15-7-11(12)17(18)19/h6-8,10H,2-5,14H2,1H3. The average molecular weight is 329 g/mol. The van der Waals surface area contributed by atoms with Gasteiger partial charge in [0.05, 0.1) is 9.40 Å². The highest BCUT2D eigenvalue weighted by Crippen LogP contribution is 2.39. The lowest BCUT2D eigenvalue weighted by Crippen LogP contribution is -2.49. The Bertz CT molecular complexity index is 483. The van der Waals surface area contributed by atoms with E-state index in [0.29, 0.717) is 22.6 Å². The highest BCUT2D eigenvalue weighted by molar-refractivity contribution is 9.10. The van der Waals surface area contributed by atoms with Crippen molar-refractivity contribution in [2.45, 2.75) is 25.8 Å². The van der Waals surface area contributed by atoms with Gasteiger partial charge < -0.3 is 10.6 Å². The molecule has 19 heavy (non-hydrogen) atoms. The number of nitro groups is 1. The van der Waals surface area contributed by atoms with Gasteiger partial charge in [-0.3, -0.25) is 15.1 Å². The van der Waals surface area contributed by atoms with Crippen LogP contribution in [0.3, 0.4) is 0 Å². The number of piperidine rings is 1. The number of hydrogen-bond donors (Lipinski definition) is 1. The molecule has 104 valence electrons. The summed E-state index contributed by atoms with van der Waals surface area (Å²) in [4.78, 5) is 16.7. The van der Waals surface area contributed by atoms with E-state index in [1.165, 1.54) is 6.20 Å². The molecule has 0 amide bonds. The van der Waals surface area contributed by atoms with Crippen molar-refractivity contribution in [3.8, 4) is 0 Å². The third kappa shape index (κ3) is 2.71. The Balaban J connectivity index is 2.47. The molecule has 1 aromatic heterocycles. The maximum absolute atomic E-state index is 11.2. The van der Waals surface area contributed by atoms with E-state index in [-0.39, 0.29) is 16.7 Å². The number of rotatable bonds is 3. The van der Waals surface area contributed by atoms with Gasteiger partial charge in [0.15, 0.2) is 0 Å². The number of nitrogens with two attached hydrogens (primary N) is 1. The molecule has 2 heterocycles. The van der Waals surface area contributed by atoms with Crippen LogP contribution in [0.15, 0.2) is 16.9 Å². The quantitative estimate of drug-likeness (QED) is 0.679. The number of pyridine rings is 1. The number of aromatic nitrogens is 1. The lowest BCUT2D eigenvalue weighted by atomic mass is 9.90. The molecular weight excluding hydrogens is 312 g/mol. The first kappa shape index (κ1) is 14.2. The summed E-state index contributed by atoms with van der Waals surface area (Å²) in [5, 5.41) is 11.2. The maximum Gasteiger partial charge on any atom is 0.311 e. The van der Waals surface area contributed by atoms with Crippen LogP contribution in [0.5, 0.6) is 0 Å². The minimum absolute atomic E-state index is 0.0296. The molecule has 1 aliphatic heterocycles. The maximum atomic E-state index is 11.2. The van der Waals surface area contributed by atoms with Gasteiger partial charge in [0.25, 0.3) is 0 Å². The molecule has 2 N–H and O–H groups in total. The minimum Gasteiger partial charge on any atom is -0.360 e.